The van der Waals surface area contributed by atoms with Crippen LogP contribution in [0.2, 0.25) is 0 Å². The van der Waals surface area contributed by atoms with E-state index in [2.05, 4.69) is 9.97 Å². The molecule has 2 aromatic heterocycles. The lowest BCUT2D eigenvalue weighted by atomic mass is 9.72. The highest BCUT2D eigenvalue weighted by atomic mass is 16.2. The highest BCUT2D eigenvalue weighted by Crippen LogP contribution is 2.40. The number of hydrogen-bond donors (Lipinski definition) is 1. The van der Waals surface area contributed by atoms with E-state index in [0.717, 1.165) is 45.3 Å². The van der Waals surface area contributed by atoms with Gasteiger partial charge in [-0.25, -0.2) is 4.98 Å². The first-order chi connectivity index (χ1) is 14.0. The number of aromatic nitrogens is 3. The van der Waals surface area contributed by atoms with Crippen LogP contribution in [0.15, 0.2) is 37.1 Å². The Bertz CT molecular complexity index is 858. The summed E-state index contributed by atoms with van der Waals surface area (Å²) in [6.45, 7) is 3.84. The van der Waals surface area contributed by atoms with Crippen molar-refractivity contribution in [3.05, 3.63) is 42.7 Å². The molecular formula is C21H28N6O2. The van der Waals surface area contributed by atoms with Gasteiger partial charge in [-0.2, -0.15) is 0 Å². The van der Waals surface area contributed by atoms with E-state index in [-0.39, 0.29) is 17.2 Å². The molecule has 29 heavy (non-hydrogen) atoms. The van der Waals surface area contributed by atoms with Crippen LogP contribution < -0.4 is 5.73 Å². The summed E-state index contributed by atoms with van der Waals surface area (Å²) in [5.41, 5.74) is 6.87. The van der Waals surface area contributed by atoms with E-state index in [1.807, 2.05) is 26.9 Å². The molecule has 8 heteroatoms. The van der Waals surface area contributed by atoms with Crippen LogP contribution in [-0.4, -0.2) is 62.3 Å². The normalized spacial score (nSPS) is 19.0. The quantitative estimate of drug-likeness (QED) is 0.831. The number of rotatable bonds is 5. The highest BCUT2D eigenvalue weighted by Gasteiger charge is 2.41. The molecule has 0 radical (unpaired) electrons. The van der Waals surface area contributed by atoms with E-state index in [4.69, 9.17) is 5.73 Å². The van der Waals surface area contributed by atoms with E-state index >= 15 is 0 Å². The second kappa shape index (κ2) is 8.23. The topological polar surface area (TPSA) is 97.3 Å². The SMILES string of the molecule is Nc1ccnc(C(=O)N2CCC3(CCC(=O)N(CCCn4ccnc4)C3)CC2)c1. The minimum atomic E-state index is -0.0591. The minimum Gasteiger partial charge on any atom is -0.399 e. The number of anilines is 1. The number of hydrogen-bond acceptors (Lipinski definition) is 5. The van der Waals surface area contributed by atoms with Crippen LogP contribution in [0.3, 0.4) is 0 Å². The van der Waals surface area contributed by atoms with Gasteiger partial charge in [-0.1, -0.05) is 0 Å². The van der Waals surface area contributed by atoms with Crippen molar-refractivity contribution in [1.82, 2.24) is 24.3 Å². The number of likely N-dealkylation sites (tertiary alicyclic amines) is 2. The Morgan fingerprint density at radius 2 is 2.00 bits per heavy atom. The van der Waals surface area contributed by atoms with E-state index < -0.39 is 0 Å². The molecule has 1 spiro atoms. The van der Waals surface area contributed by atoms with Gasteiger partial charge in [0.25, 0.3) is 5.91 Å². The van der Waals surface area contributed by atoms with Crippen LogP contribution in [0.1, 0.15) is 42.6 Å². The molecular weight excluding hydrogens is 368 g/mol. The van der Waals surface area contributed by atoms with Gasteiger partial charge in [0.1, 0.15) is 5.69 Å². The van der Waals surface area contributed by atoms with Crippen LogP contribution in [0.5, 0.6) is 0 Å². The van der Waals surface area contributed by atoms with Crippen molar-refractivity contribution in [2.75, 3.05) is 31.9 Å². The summed E-state index contributed by atoms with van der Waals surface area (Å²) in [4.78, 5) is 37.3. The zero-order valence-electron chi connectivity index (χ0n) is 16.7. The average Bonchev–Trinajstić information content (AvgIpc) is 3.24. The molecule has 4 heterocycles. The van der Waals surface area contributed by atoms with Gasteiger partial charge in [0.05, 0.1) is 6.33 Å². The van der Waals surface area contributed by atoms with E-state index in [0.29, 0.717) is 30.9 Å². The minimum absolute atomic E-state index is 0.0591. The molecule has 8 nitrogen and oxygen atoms in total. The fraction of sp³-hybridized carbons (Fsp3) is 0.524. The third-order valence-electron chi connectivity index (χ3n) is 6.27. The fourth-order valence-electron chi connectivity index (χ4n) is 4.49. The predicted octanol–water partition coefficient (Wildman–Crippen LogP) is 1.80. The first kappa shape index (κ1) is 19.4. The number of nitrogens with two attached hydrogens (primary N) is 1. The second-order valence-electron chi connectivity index (χ2n) is 8.24. The largest absolute Gasteiger partial charge is 0.399 e. The highest BCUT2D eigenvalue weighted by molar-refractivity contribution is 5.93. The number of pyridine rings is 1. The summed E-state index contributed by atoms with van der Waals surface area (Å²) in [5, 5.41) is 0. The summed E-state index contributed by atoms with van der Waals surface area (Å²) in [6.07, 6.45) is 11.4. The Hall–Kier alpha value is -2.90. The number of amides is 2. The van der Waals surface area contributed by atoms with Crippen molar-refractivity contribution in [3.8, 4) is 0 Å². The number of nitrogens with zero attached hydrogens (tertiary/aromatic N) is 5. The van der Waals surface area contributed by atoms with Gasteiger partial charge in [-0.05, 0) is 43.2 Å². The zero-order chi connectivity index (χ0) is 20.3. The van der Waals surface area contributed by atoms with Crippen LogP contribution in [0, 0.1) is 5.41 Å². The number of nitrogen functional groups attached to an aromatic ring is 1. The maximum absolute atomic E-state index is 12.7. The van der Waals surface area contributed by atoms with Crippen molar-refractivity contribution in [3.63, 3.8) is 0 Å². The van der Waals surface area contributed by atoms with Gasteiger partial charge in [0.15, 0.2) is 0 Å². The van der Waals surface area contributed by atoms with E-state index in [1.54, 1.807) is 24.5 Å². The van der Waals surface area contributed by atoms with Crippen LogP contribution in [0.4, 0.5) is 5.69 Å². The third kappa shape index (κ3) is 4.41. The van der Waals surface area contributed by atoms with Crippen LogP contribution in [-0.2, 0) is 11.3 Å². The molecule has 0 aromatic carbocycles. The van der Waals surface area contributed by atoms with Gasteiger partial charge < -0.3 is 20.1 Å². The molecule has 2 saturated heterocycles. The standard InChI is InChI=1S/C21H28N6O2/c22-17-3-7-24-18(14-17)20(29)26-11-5-21(6-12-26)4-2-19(28)27(15-21)10-1-9-25-13-8-23-16-25/h3,7-8,13-14,16H,1-2,4-6,9-12,15H2,(H2,22,24). The van der Waals surface area contributed by atoms with Gasteiger partial charge in [-0.15, -0.1) is 0 Å². The van der Waals surface area contributed by atoms with Gasteiger partial charge >= 0.3 is 0 Å². The molecule has 0 saturated carbocycles. The number of carbonyl (C=O) groups excluding carboxylic acids is 2. The van der Waals surface area contributed by atoms with E-state index in [1.165, 1.54) is 0 Å². The second-order valence-corrected chi connectivity index (χ2v) is 8.24. The molecule has 4 rings (SSSR count). The summed E-state index contributed by atoms with van der Waals surface area (Å²) >= 11 is 0. The molecule has 2 aliphatic heterocycles. The van der Waals surface area contributed by atoms with Crippen molar-refractivity contribution in [2.24, 2.45) is 5.41 Å². The molecule has 154 valence electrons. The summed E-state index contributed by atoms with van der Waals surface area (Å²) in [7, 11) is 0. The first-order valence-corrected chi connectivity index (χ1v) is 10.3. The fourth-order valence-corrected chi connectivity index (χ4v) is 4.49. The Balaban J connectivity index is 1.32. The average molecular weight is 396 g/mol. The van der Waals surface area contributed by atoms with Gasteiger partial charge in [0.2, 0.25) is 5.91 Å². The van der Waals surface area contributed by atoms with Crippen LogP contribution >= 0.6 is 0 Å². The Kier molecular flexibility index (Phi) is 5.51. The predicted molar refractivity (Wildman–Crippen MR) is 109 cm³/mol. The number of imidazole rings is 1. The molecule has 0 bridgehead atoms. The lowest BCUT2D eigenvalue weighted by Gasteiger charge is -2.47. The lowest BCUT2D eigenvalue weighted by molar-refractivity contribution is -0.139. The zero-order valence-corrected chi connectivity index (χ0v) is 16.7. The molecule has 2 aliphatic rings. The first-order valence-electron chi connectivity index (χ1n) is 10.3. The smallest absolute Gasteiger partial charge is 0.272 e. The summed E-state index contributed by atoms with van der Waals surface area (Å²) in [6, 6.07) is 3.32. The van der Waals surface area contributed by atoms with Gasteiger partial charge in [0, 0.05) is 63.4 Å². The van der Waals surface area contributed by atoms with Crippen molar-refractivity contribution in [2.45, 2.75) is 38.6 Å². The Morgan fingerprint density at radius 3 is 2.72 bits per heavy atom. The summed E-state index contributed by atoms with van der Waals surface area (Å²) in [5.74, 6) is 0.194. The van der Waals surface area contributed by atoms with Gasteiger partial charge in [-0.3, -0.25) is 14.6 Å². The maximum Gasteiger partial charge on any atom is 0.272 e. The lowest BCUT2D eigenvalue weighted by Crippen LogP contribution is -2.52. The molecule has 0 atom stereocenters. The molecule has 0 unspecified atom stereocenters. The number of aryl methyl sites for hydroxylation is 1. The molecule has 2 fully saturated rings. The molecule has 2 aromatic rings. The summed E-state index contributed by atoms with van der Waals surface area (Å²) < 4.78 is 2.04. The van der Waals surface area contributed by atoms with Crippen molar-refractivity contribution < 1.29 is 9.59 Å². The van der Waals surface area contributed by atoms with Crippen molar-refractivity contribution >= 4 is 17.5 Å². The Labute approximate surface area is 170 Å². The molecule has 2 amide bonds. The van der Waals surface area contributed by atoms with E-state index in [9.17, 15) is 9.59 Å². The number of piperidine rings is 2. The maximum atomic E-state index is 12.7. The number of carbonyl (C=O) groups is 2. The third-order valence-corrected chi connectivity index (χ3v) is 6.27. The van der Waals surface area contributed by atoms with Crippen LogP contribution in [0.25, 0.3) is 0 Å². The molecule has 0 aliphatic carbocycles. The van der Waals surface area contributed by atoms with Crippen molar-refractivity contribution in [1.29, 1.82) is 0 Å². The molecule has 2 N–H and O–H groups in total. The Morgan fingerprint density at radius 1 is 1.17 bits per heavy atom. The monoisotopic (exact) mass is 396 g/mol.